The fraction of sp³-hybridized carbons (Fsp3) is 0.364. The van der Waals surface area contributed by atoms with Crippen molar-refractivity contribution in [1.82, 2.24) is 0 Å². The third kappa shape index (κ3) is 2.75. The van der Waals surface area contributed by atoms with Crippen LogP contribution in [0.15, 0.2) is 12.1 Å². The van der Waals surface area contributed by atoms with Crippen molar-refractivity contribution in [3.63, 3.8) is 0 Å². The van der Waals surface area contributed by atoms with Crippen LogP contribution in [-0.4, -0.2) is 12.6 Å². The van der Waals surface area contributed by atoms with E-state index in [0.29, 0.717) is 12.1 Å². The number of esters is 1. The molecular weight excluding hydrogens is 240 g/mol. The van der Waals surface area contributed by atoms with Crippen LogP contribution in [0.4, 0.5) is 17.6 Å². The van der Waals surface area contributed by atoms with Gasteiger partial charge in [0.25, 0.3) is 0 Å². The molecular formula is C11H10F4O2. The molecule has 17 heavy (non-hydrogen) atoms. The molecule has 1 rings (SSSR count). The lowest BCUT2D eigenvalue weighted by molar-refractivity contribution is -0.138. The van der Waals surface area contributed by atoms with E-state index in [0.717, 1.165) is 6.92 Å². The van der Waals surface area contributed by atoms with Crippen molar-refractivity contribution in [2.75, 3.05) is 6.61 Å². The second-order valence-corrected chi connectivity index (χ2v) is 3.31. The highest BCUT2D eigenvalue weighted by molar-refractivity contribution is 5.91. The van der Waals surface area contributed by atoms with Crippen molar-refractivity contribution in [3.8, 4) is 0 Å². The van der Waals surface area contributed by atoms with Crippen LogP contribution in [0.1, 0.15) is 28.4 Å². The SMILES string of the molecule is CCOC(=O)c1c(F)ccc(C(F)(F)F)c1C. The Morgan fingerprint density at radius 3 is 2.41 bits per heavy atom. The smallest absolute Gasteiger partial charge is 0.416 e. The van der Waals surface area contributed by atoms with Crippen molar-refractivity contribution < 1.29 is 27.1 Å². The summed E-state index contributed by atoms with van der Waals surface area (Å²) in [5.41, 5.74) is -2.17. The van der Waals surface area contributed by atoms with Gasteiger partial charge in [0.1, 0.15) is 5.82 Å². The maximum atomic E-state index is 13.3. The lowest BCUT2D eigenvalue weighted by Gasteiger charge is -2.13. The highest BCUT2D eigenvalue weighted by Gasteiger charge is 2.35. The average Bonchev–Trinajstić information content (AvgIpc) is 2.15. The molecule has 0 aliphatic carbocycles. The van der Waals surface area contributed by atoms with Crippen molar-refractivity contribution in [3.05, 3.63) is 34.6 Å². The monoisotopic (exact) mass is 250 g/mol. The number of halogens is 4. The Labute approximate surface area is 95.2 Å². The van der Waals surface area contributed by atoms with Crippen LogP contribution in [0.5, 0.6) is 0 Å². The zero-order valence-corrected chi connectivity index (χ0v) is 9.19. The Hall–Kier alpha value is -1.59. The predicted octanol–water partition coefficient (Wildman–Crippen LogP) is 3.33. The molecule has 0 amide bonds. The van der Waals surface area contributed by atoms with Gasteiger partial charge in [0.15, 0.2) is 0 Å². The summed E-state index contributed by atoms with van der Waals surface area (Å²) in [5, 5.41) is 0. The van der Waals surface area contributed by atoms with Crippen LogP contribution < -0.4 is 0 Å². The molecule has 0 aliphatic heterocycles. The molecule has 0 radical (unpaired) electrons. The molecule has 0 N–H and O–H groups in total. The third-order valence-corrected chi connectivity index (χ3v) is 2.20. The van der Waals surface area contributed by atoms with E-state index in [1.54, 1.807) is 0 Å². The van der Waals surface area contributed by atoms with Gasteiger partial charge in [-0.2, -0.15) is 13.2 Å². The van der Waals surface area contributed by atoms with Gasteiger partial charge in [0, 0.05) is 0 Å². The summed E-state index contributed by atoms with van der Waals surface area (Å²) in [4.78, 5) is 11.3. The van der Waals surface area contributed by atoms with E-state index in [1.165, 1.54) is 6.92 Å². The van der Waals surface area contributed by atoms with Crippen molar-refractivity contribution in [1.29, 1.82) is 0 Å². The number of benzene rings is 1. The Balaban J connectivity index is 3.35. The normalized spacial score (nSPS) is 11.4. The van der Waals surface area contributed by atoms with Gasteiger partial charge < -0.3 is 4.74 Å². The molecule has 0 aliphatic rings. The fourth-order valence-corrected chi connectivity index (χ4v) is 1.44. The molecule has 94 valence electrons. The minimum Gasteiger partial charge on any atom is -0.462 e. The number of carbonyl (C=O) groups excluding carboxylic acids is 1. The van der Waals surface area contributed by atoms with Crippen molar-refractivity contribution >= 4 is 5.97 Å². The molecule has 0 fully saturated rings. The molecule has 0 aromatic heterocycles. The number of ether oxygens (including phenoxy) is 1. The first kappa shape index (κ1) is 13.5. The number of alkyl halides is 3. The summed E-state index contributed by atoms with van der Waals surface area (Å²) >= 11 is 0. The molecule has 1 aromatic rings. The van der Waals surface area contributed by atoms with Gasteiger partial charge in [0.05, 0.1) is 17.7 Å². The molecule has 0 unspecified atom stereocenters. The first-order valence-corrected chi connectivity index (χ1v) is 4.82. The maximum Gasteiger partial charge on any atom is 0.416 e. The molecule has 0 atom stereocenters. The second-order valence-electron chi connectivity index (χ2n) is 3.31. The summed E-state index contributed by atoms with van der Waals surface area (Å²) in [6, 6.07) is 1.22. The summed E-state index contributed by atoms with van der Waals surface area (Å²) < 4.78 is 55.4. The van der Waals surface area contributed by atoms with Crippen molar-refractivity contribution in [2.24, 2.45) is 0 Å². The molecule has 0 saturated carbocycles. The van der Waals surface area contributed by atoms with E-state index in [9.17, 15) is 22.4 Å². The Morgan fingerprint density at radius 2 is 1.94 bits per heavy atom. The first-order chi connectivity index (χ1) is 7.79. The minimum atomic E-state index is -4.63. The highest BCUT2D eigenvalue weighted by Crippen LogP contribution is 2.33. The number of carbonyl (C=O) groups is 1. The maximum absolute atomic E-state index is 13.3. The Kier molecular flexibility index (Phi) is 3.75. The number of rotatable bonds is 2. The van der Waals surface area contributed by atoms with Gasteiger partial charge in [-0.15, -0.1) is 0 Å². The molecule has 0 bridgehead atoms. The predicted molar refractivity (Wildman–Crippen MR) is 52.1 cm³/mol. The van der Waals surface area contributed by atoms with E-state index in [4.69, 9.17) is 0 Å². The van der Waals surface area contributed by atoms with Crippen LogP contribution in [-0.2, 0) is 10.9 Å². The van der Waals surface area contributed by atoms with Crippen LogP contribution >= 0.6 is 0 Å². The topological polar surface area (TPSA) is 26.3 Å². The van der Waals surface area contributed by atoms with Crippen molar-refractivity contribution in [2.45, 2.75) is 20.0 Å². The van der Waals surface area contributed by atoms with E-state index >= 15 is 0 Å². The molecule has 0 spiro atoms. The second kappa shape index (κ2) is 4.73. The molecule has 2 nitrogen and oxygen atoms in total. The van der Waals surface area contributed by atoms with Gasteiger partial charge in [-0.3, -0.25) is 0 Å². The summed E-state index contributed by atoms with van der Waals surface area (Å²) in [6.45, 7) is 2.49. The van der Waals surface area contributed by atoms with Gasteiger partial charge in [0.2, 0.25) is 0 Å². The number of hydrogen-bond acceptors (Lipinski definition) is 2. The van der Waals surface area contributed by atoms with Crippen LogP contribution in [0.3, 0.4) is 0 Å². The molecule has 1 aromatic carbocycles. The quantitative estimate of drug-likeness (QED) is 0.594. The van der Waals surface area contributed by atoms with Crippen LogP contribution in [0, 0.1) is 12.7 Å². The van der Waals surface area contributed by atoms with Gasteiger partial charge in [-0.25, -0.2) is 9.18 Å². The highest BCUT2D eigenvalue weighted by atomic mass is 19.4. The lowest BCUT2D eigenvalue weighted by atomic mass is 10.0. The Bertz CT molecular complexity index is 438. The first-order valence-electron chi connectivity index (χ1n) is 4.82. The third-order valence-electron chi connectivity index (χ3n) is 2.20. The fourth-order valence-electron chi connectivity index (χ4n) is 1.44. The van der Waals surface area contributed by atoms with E-state index in [2.05, 4.69) is 4.74 Å². The lowest BCUT2D eigenvalue weighted by Crippen LogP contribution is -2.15. The molecule has 0 heterocycles. The van der Waals surface area contributed by atoms with Gasteiger partial charge in [-0.05, 0) is 31.5 Å². The van der Waals surface area contributed by atoms with Gasteiger partial charge >= 0.3 is 12.1 Å². The van der Waals surface area contributed by atoms with Gasteiger partial charge in [-0.1, -0.05) is 0 Å². The summed E-state index contributed by atoms with van der Waals surface area (Å²) in [6.07, 6.45) is -4.63. The zero-order chi connectivity index (χ0) is 13.2. The average molecular weight is 250 g/mol. The standard InChI is InChI=1S/C11H10F4O2/c1-3-17-10(16)9-6(2)7(11(13,14)15)4-5-8(9)12/h4-5H,3H2,1-2H3. The summed E-state index contributed by atoms with van der Waals surface area (Å²) in [7, 11) is 0. The van der Waals surface area contributed by atoms with Crippen LogP contribution in [0.2, 0.25) is 0 Å². The van der Waals surface area contributed by atoms with E-state index in [1.807, 2.05) is 0 Å². The minimum absolute atomic E-state index is 0.0338. The number of hydrogen-bond donors (Lipinski definition) is 0. The van der Waals surface area contributed by atoms with Crippen LogP contribution in [0.25, 0.3) is 0 Å². The Morgan fingerprint density at radius 1 is 1.35 bits per heavy atom. The molecule has 0 saturated heterocycles. The molecule has 6 heteroatoms. The zero-order valence-electron chi connectivity index (χ0n) is 9.19. The van der Waals surface area contributed by atoms with E-state index in [-0.39, 0.29) is 6.61 Å². The largest absolute Gasteiger partial charge is 0.462 e. The summed E-state index contributed by atoms with van der Waals surface area (Å²) in [5.74, 6) is -2.11. The van der Waals surface area contributed by atoms with E-state index < -0.39 is 34.7 Å².